The molecule has 0 spiro atoms. The second-order valence-corrected chi connectivity index (χ2v) is 11.8. The fourth-order valence-corrected chi connectivity index (χ4v) is 10.0. The molecule has 4 aliphatic rings. The van der Waals surface area contributed by atoms with Crippen LogP contribution in [0.2, 0.25) is 0 Å². The van der Waals surface area contributed by atoms with Gasteiger partial charge in [0.05, 0.1) is 0 Å². The Morgan fingerprint density at radius 2 is 1.68 bits per heavy atom. The molecule has 0 N–H and O–H groups in total. The summed E-state index contributed by atoms with van der Waals surface area (Å²) in [7, 11) is 0. The molecule has 0 aromatic rings. The van der Waals surface area contributed by atoms with Crippen LogP contribution >= 0.6 is 22.6 Å². The first-order valence-electron chi connectivity index (χ1n) is 12.0. The van der Waals surface area contributed by atoms with Gasteiger partial charge in [0.25, 0.3) is 0 Å². The number of hydrogen-bond acceptors (Lipinski definition) is 5. The molecule has 0 aliphatic heterocycles. The first-order chi connectivity index (χ1) is 14.6. The minimum atomic E-state index is -0.206. The topological polar surface area (TPSA) is 69.7 Å². The van der Waals surface area contributed by atoms with Crippen molar-refractivity contribution in [3.05, 3.63) is 0 Å². The van der Waals surface area contributed by atoms with Crippen molar-refractivity contribution in [2.75, 3.05) is 4.43 Å². The molecule has 0 radical (unpaired) electrons. The maximum Gasteiger partial charge on any atom is 0.302 e. The summed E-state index contributed by atoms with van der Waals surface area (Å²) in [6, 6.07) is 0. The van der Waals surface area contributed by atoms with E-state index in [1.807, 2.05) is 0 Å². The third kappa shape index (κ3) is 3.86. The Bertz CT molecular complexity index is 752. The number of esters is 2. The van der Waals surface area contributed by atoms with Crippen molar-refractivity contribution in [1.29, 1.82) is 0 Å². The Morgan fingerprint density at radius 1 is 0.968 bits per heavy atom. The first-order valence-corrected chi connectivity index (χ1v) is 13.6. The lowest BCUT2D eigenvalue weighted by Crippen LogP contribution is -2.61. The number of carbonyl (C=O) groups excluding carboxylic acids is 3. The fraction of sp³-hybridized carbons (Fsp3) is 0.880. The number of rotatable bonds is 4. The standard InChI is InChI=1S/C25H37IO5/c1-14(27)20-7-8-21-19-6-5-17-11-18(30-15(2)28)9-10-24(17,4)23(19)22(31-16(3)29)12-25(20,21)13-26/h17-23H,5-13H2,1-4H3/t17?,18-,19?,20?,21?,22?,23?,24-,25-/m0/s1. The average molecular weight is 544 g/mol. The number of halogens is 1. The third-order valence-electron chi connectivity index (χ3n) is 9.64. The summed E-state index contributed by atoms with van der Waals surface area (Å²) in [5.41, 5.74) is 0.0528. The van der Waals surface area contributed by atoms with Gasteiger partial charge in [-0.3, -0.25) is 14.4 Å². The SMILES string of the molecule is CC(=O)OC1C[C@]2(CI)C(C(C)=O)CCC2C2CCC3C[C@@H](OC(C)=O)CC[C@]3(C)C12. The normalized spacial score (nSPS) is 46.3. The molecule has 0 aromatic carbocycles. The molecule has 4 fully saturated rings. The van der Waals surface area contributed by atoms with Gasteiger partial charge in [-0.05, 0) is 86.9 Å². The summed E-state index contributed by atoms with van der Waals surface area (Å²) in [5.74, 6) is 1.87. The highest BCUT2D eigenvalue weighted by Crippen LogP contribution is 2.68. The average Bonchev–Trinajstić information content (AvgIpc) is 3.07. The second kappa shape index (κ2) is 8.60. The quantitative estimate of drug-likeness (QED) is 0.279. The molecular formula is C25H37IO5. The maximum absolute atomic E-state index is 12.6. The van der Waals surface area contributed by atoms with Crippen LogP contribution in [0.5, 0.6) is 0 Å². The van der Waals surface area contributed by atoms with Crippen molar-refractivity contribution in [3.63, 3.8) is 0 Å². The van der Waals surface area contributed by atoms with Crippen LogP contribution in [-0.4, -0.2) is 34.4 Å². The van der Waals surface area contributed by atoms with Gasteiger partial charge in [0, 0.05) is 30.1 Å². The molecule has 0 aromatic heterocycles. The largest absolute Gasteiger partial charge is 0.463 e. The Hall–Kier alpha value is -0.660. The van der Waals surface area contributed by atoms with Gasteiger partial charge in [0.2, 0.25) is 0 Å². The Balaban J connectivity index is 1.68. The van der Waals surface area contributed by atoms with Crippen LogP contribution in [0.15, 0.2) is 0 Å². The van der Waals surface area contributed by atoms with Gasteiger partial charge in [-0.1, -0.05) is 29.5 Å². The number of ether oxygens (including phenoxy) is 2. The number of Topliss-reactive ketones (excluding diaryl/α,β-unsaturated/α-hetero) is 1. The second-order valence-electron chi connectivity index (χ2n) is 11.0. The Morgan fingerprint density at radius 3 is 2.29 bits per heavy atom. The zero-order valence-electron chi connectivity index (χ0n) is 19.3. The van der Waals surface area contributed by atoms with E-state index in [1.165, 1.54) is 13.8 Å². The molecule has 4 rings (SSSR count). The first kappa shape index (κ1) is 23.5. The lowest BCUT2D eigenvalue weighted by atomic mass is 9.43. The van der Waals surface area contributed by atoms with Gasteiger partial charge in [0.1, 0.15) is 18.0 Å². The fourth-order valence-electron chi connectivity index (χ4n) is 8.62. The Kier molecular flexibility index (Phi) is 6.52. The monoisotopic (exact) mass is 544 g/mol. The van der Waals surface area contributed by atoms with Gasteiger partial charge in [0.15, 0.2) is 0 Å². The third-order valence-corrected chi connectivity index (χ3v) is 11.1. The predicted octanol–water partition coefficient (Wildman–Crippen LogP) is 5.12. The zero-order chi connectivity index (χ0) is 22.6. The Labute approximate surface area is 199 Å². The molecule has 6 heteroatoms. The minimum absolute atomic E-state index is 0.0184. The van der Waals surface area contributed by atoms with E-state index in [2.05, 4.69) is 29.5 Å². The predicted molar refractivity (Wildman–Crippen MR) is 126 cm³/mol. The van der Waals surface area contributed by atoms with E-state index in [0.29, 0.717) is 29.5 Å². The summed E-state index contributed by atoms with van der Waals surface area (Å²) in [6.07, 6.45) is 7.91. The highest BCUT2D eigenvalue weighted by molar-refractivity contribution is 14.1. The van der Waals surface area contributed by atoms with Gasteiger partial charge in [-0.2, -0.15) is 0 Å². The number of alkyl halides is 1. The molecule has 0 saturated heterocycles. The molecule has 6 unspecified atom stereocenters. The van der Waals surface area contributed by atoms with Crippen molar-refractivity contribution >= 4 is 40.3 Å². The van der Waals surface area contributed by atoms with Gasteiger partial charge >= 0.3 is 11.9 Å². The summed E-state index contributed by atoms with van der Waals surface area (Å²) in [5, 5.41) is 0. The van der Waals surface area contributed by atoms with Crippen molar-refractivity contribution in [3.8, 4) is 0 Å². The summed E-state index contributed by atoms with van der Waals surface area (Å²) in [4.78, 5) is 36.3. The van der Waals surface area contributed by atoms with Crippen LogP contribution in [0.1, 0.15) is 79.1 Å². The summed E-state index contributed by atoms with van der Waals surface area (Å²) >= 11 is 2.48. The van der Waals surface area contributed by atoms with Crippen LogP contribution in [-0.2, 0) is 23.9 Å². The van der Waals surface area contributed by atoms with Crippen molar-refractivity contribution in [2.45, 2.75) is 91.3 Å². The van der Waals surface area contributed by atoms with E-state index in [4.69, 9.17) is 9.47 Å². The van der Waals surface area contributed by atoms with Crippen LogP contribution in [0.3, 0.4) is 0 Å². The highest BCUT2D eigenvalue weighted by Gasteiger charge is 2.65. The number of ketones is 1. The van der Waals surface area contributed by atoms with Gasteiger partial charge < -0.3 is 9.47 Å². The van der Waals surface area contributed by atoms with Crippen LogP contribution in [0, 0.1) is 40.4 Å². The van der Waals surface area contributed by atoms with E-state index in [1.54, 1.807) is 6.92 Å². The van der Waals surface area contributed by atoms with Crippen molar-refractivity contribution in [2.24, 2.45) is 40.4 Å². The molecule has 4 saturated carbocycles. The minimum Gasteiger partial charge on any atom is -0.463 e. The highest BCUT2D eigenvalue weighted by atomic mass is 127. The number of carbonyl (C=O) groups is 3. The molecule has 4 aliphatic carbocycles. The molecule has 0 bridgehead atoms. The lowest BCUT2D eigenvalue weighted by molar-refractivity contribution is -0.199. The molecule has 0 heterocycles. The van der Waals surface area contributed by atoms with E-state index in [9.17, 15) is 14.4 Å². The van der Waals surface area contributed by atoms with Crippen LogP contribution in [0.4, 0.5) is 0 Å². The van der Waals surface area contributed by atoms with E-state index in [-0.39, 0.29) is 40.9 Å². The molecule has 9 atom stereocenters. The van der Waals surface area contributed by atoms with Gasteiger partial charge in [-0.25, -0.2) is 0 Å². The molecule has 5 nitrogen and oxygen atoms in total. The smallest absolute Gasteiger partial charge is 0.302 e. The summed E-state index contributed by atoms with van der Waals surface area (Å²) in [6.45, 7) is 7.18. The van der Waals surface area contributed by atoms with Crippen LogP contribution < -0.4 is 0 Å². The molecule has 31 heavy (non-hydrogen) atoms. The molecule has 0 amide bonds. The molecule has 174 valence electrons. The van der Waals surface area contributed by atoms with Gasteiger partial charge in [-0.15, -0.1) is 0 Å². The summed E-state index contributed by atoms with van der Waals surface area (Å²) < 4.78 is 12.6. The lowest BCUT2D eigenvalue weighted by Gasteiger charge is -2.63. The van der Waals surface area contributed by atoms with Crippen molar-refractivity contribution in [1.82, 2.24) is 0 Å². The van der Waals surface area contributed by atoms with E-state index >= 15 is 0 Å². The zero-order valence-corrected chi connectivity index (χ0v) is 21.5. The maximum atomic E-state index is 12.6. The van der Waals surface area contributed by atoms with Crippen molar-refractivity contribution < 1.29 is 23.9 Å². The van der Waals surface area contributed by atoms with Crippen LogP contribution in [0.25, 0.3) is 0 Å². The molecular weight excluding hydrogens is 507 g/mol. The number of hydrogen-bond donors (Lipinski definition) is 0. The number of fused-ring (bicyclic) bond motifs is 5. The van der Waals surface area contributed by atoms with E-state index < -0.39 is 0 Å². The van der Waals surface area contributed by atoms with E-state index in [0.717, 1.165) is 55.8 Å².